The summed E-state index contributed by atoms with van der Waals surface area (Å²) in [6, 6.07) is 2.45. The Labute approximate surface area is 377 Å². The highest BCUT2D eigenvalue weighted by Crippen LogP contribution is 2.33. The molecule has 0 aromatic heterocycles. The van der Waals surface area contributed by atoms with E-state index in [1.165, 1.54) is 96.3 Å². The van der Waals surface area contributed by atoms with E-state index in [4.69, 9.17) is 14.2 Å². The molecule has 20 heteroatoms. The van der Waals surface area contributed by atoms with Crippen molar-refractivity contribution in [2.45, 2.75) is 154 Å². The van der Waals surface area contributed by atoms with Crippen LogP contribution < -0.4 is 22.2 Å². The van der Waals surface area contributed by atoms with Crippen LogP contribution in [0.15, 0.2) is 36.5 Å². The molecule has 3 saturated carbocycles. The van der Waals surface area contributed by atoms with Gasteiger partial charge in [0.25, 0.3) is 0 Å². The predicted molar refractivity (Wildman–Crippen MR) is 225 cm³/mol. The van der Waals surface area contributed by atoms with E-state index in [-0.39, 0.29) is 48.6 Å². The van der Waals surface area contributed by atoms with Crippen LogP contribution in [0.5, 0.6) is 0 Å². The summed E-state index contributed by atoms with van der Waals surface area (Å²) in [7, 11) is -4.90. The molecular formula is C42H74ClN3O14S2. The second kappa shape index (κ2) is 27.8. The number of nitrogens with zero attached hydrogens (tertiary/aromatic N) is 1. The number of carbonyl (C=O) groups excluding carboxylic acids is 3. The lowest BCUT2D eigenvalue weighted by Crippen LogP contribution is -3.24. The summed E-state index contributed by atoms with van der Waals surface area (Å²) in [6.07, 6.45) is 21.0. The maximum Gasteiger partial charge on any atom is 0.333 e. The zero-order valence-corrected chi connectivity index (χ0v) is 40.2. The van der Waals surface area contributed by atoms with Crippen LogP contribution in [0.3, 0.4) is 0 Å². The van der Waals surface area contributed by atoms with E-state index in [0.29, 0.717) is 16.7 Å². The first-order valence-electron chi connectivity index (χ1n) is 21.6. The van der Waals surface area contributed by atoms with E-state index in [1.54, 1.807) is 30.6 Å². The van der Waals surface area contributed by atoms with Crippen LogP contribution in [-0.4, -0.2) is 145 Å². The molecule has 6 fully saturated rings. The van der Waals surface area contributed by atoms with Crippen molar-refractivity contribution in [3.05, 3.63) is 36.5 Å². The fourth-order valence-corrected chi connectivity index (χ4v) is 8.62. The van der Waals surface area contributed by atoms with Crippen LogP contribution in [0.25, 0.3) is 0 Å². The molecule has 3 aliphatic heterocycles. The number of nitrogens with one attached hydrogen (secondary N) is 2. The zero-order valence-electron chi connectivity index (χ0n) is 37.8. The van der Waals surface area contributed by atoms with Crippen LogP contribution in [0, 0.1) is 0 Å². The minimum absolute atomic E-state index is 0. The van der Waals surface area contributed by atoms with E-state index < -0.39 is 20.8 Å². The number of esters is 3. The van der Waals surface area contributed by atoms with E-state index in [2.05, 4.69) is 35.2 Å². The molecule has 62 heavy (non-hydrogen) atoms. The lowest BCUT2D eigenvalue weighted by atomic mass is 9.89. The van der Waals surface area contributed by atoms with Gasteiger partial charge in [-0.25, -0.2) is 31.2 Å². The molecule has 6 rings (SSSR count). The zero-order chi connectivity index (χ0) is 46.0. The molecule has 0 radical (unpaired) electrons. The normalized spacial score (nSPS) is 27.3. The summed E-state index contributed by atoms with van der Waals surface area (Å²) in [5.41, 5.74) is 1.51. The van der Waals surface area contributed by atoms with Gasteiger partial charge >= 0.3 is 17.9 Å². The summed E-state index contributed by atoms with van der Waals surface area (Å²) in [6.45, 7) is 21.9. The topological polar surface area (TPSA) is 221 Å². The summed E-state index contributed by atoms with van der Waals surface area (Å²) >= 11 is 0. The average Bonchev–Trinajstić information content (AvgIpc) is 3.17. The number of likely N-dealkylation sites (N-methyl/N-ethyl adjacent to an activating group) is 1. The van der Waals surface area contributed by atoms with Crippen molar-refractivity contribution >= 4 is 38.7 Å². The van der Waals surface area contributed by atoms with Gasteiger partial charge in [0, 0.05) is 16.7 Å². The minimum Gasteiger partial charge on any atom is -1.00 e. The second-order valence-corrected chi connectivity index (χ2v) is 19.8. The summed E-state index contributed by atoms with van der Waals surface area (Å²) in [4.78, 5) is 37.3. The Morgan fingerprint density at radius 2 is 0.790 bits per heavy atom. The molecule has 0 spiro atoms. The van der Waals surface area contributed by atoms with Crippen molar-refractivity contribution in [2.75, 3.05) is 60.5 Å². The highest BCUT2D eigenvalue weighted by atomic mass is 35.5. The van der Waals surface area contributed by atoms with E-state index in [1.807, 2.05) is 0 Å². The molecule has 3 heterocycles. The van der Waals surface area contributed by atoms with Gasteiger partial charge in [0.2, 0.25) is 20.8 Å². The number of carbonyl (C=O) groups is 3. The van der Waals surface area contributed by atoms with Crippen molar-refractivity contribution in [2.24, 2.45) is 0 Å². The van der Waals surface area contributed by atoms with Crippen molar-refractivity contribution < 1.29 is 89.6 Å². The first-order chi connectivity index (χ1) is 28.5. The Balaban J connectivity index is 0.000000408. The molecule has 0 unspecified atom stereocenters. The minimum atomic E-state index is -4.41. The number of likely N-dealkylation sites (tertiary alicyclic amines) is 3. The first-order valence-corrected chi connectivity index (χ1v) is 24.3. The summed E-state index contributed by atoms with van der Waals surface area (Å²) in [5, 5.41) is 0. The summed E-state index contributed by atoms with van der Waals surface area (Å²) < 4.78 is 79.1. The lowest BCUT2D eigenvalue weighted by molar-refractivity contribution is -0.977. The van der Waals surface area contributed by atoms with Crippen molar-refractivity contribution in [1.29, 1.82) is 0 Å². The Kier molecular flexibility index (Phi) is 25.8. The predicted octanol–water partition coefficient (Wildman–Crippen LogP) is -1.13. The lowest BCUT2D eigenvalue weighted by Gasteiger charge is -2.52. The Morgan fingerprint density at radius 1 is 0.532 bits per heavy atom. The largest absolute Gasteiger partial charge is 1.00 e. The quantitative estimate of drug-likeness (QED) is 0.0626. The third-order valence-corrected chi connectivity index (χ3v) is 13.1. The first kappa shape index (κ1) is 57.6. The fourth-order valence-electron chi connectivity index (χ4n) is 8.62. The van der Waals surface area contributed by atoms with Crippen LogP contribution in [-0.2, 0) is 57.8 Å². The van der Waals surface area contributed by atoms with Gasteiger partial charge in [-0.2, -0.15) is 0 Å². The number of halogens is 1. The Morgan fingerprint density at radius 3 is 1.05 bits per heavy atom. The van der Waals surface area contributed by atoms with E-state index in [9.17, 15) is 40.3 Å². The molecule has 2 N–H and O–H groups in total. The van der Waals surface area contributed by atoms with Gasteiger partial charge in [0.05, 0.1) is 39.4 Å². The van der Waals surface area contributed by atoms with Crippen LogP contribution >= 0.6 is 0 Å². The van der Waals surface area contributed by atoms with Gasteiger partial charge in [0.1, 0.15) is 39.3 Å². The van der Waals surface area contributed by atoms with Gasteiger partial charge in [-0.3, -0.25) is 8.37 Å². The molecule has 0 aromatic rings. The molecule has 3 aliphatic carbocycles. The van der Waals surface area contributed by atoms with Gasteiger partial charge in [-0.1, -0.05) is 39.0 Å². The van der Waals surface area contributed by atoms with Crippen molar-refractivity contribution in [1.82, 2.24) is 0 Å². The number of quaternary nitrogens is 3. The molecular weight excluding hydrogens is 870 g/mol. The van der Waals surface area contributed by atoms with Gasteiger partial charge in [0.15, 0.2) is 18.3 Å². The highest BCUT2D eigenvalue weighted by molar-refractivity contribution is 7.81. The van der Waals surface area contributed by atoms with Crippen molar-refractivity contribution in [3.8, 4) is 0 Å². The van der Waals surface area contributed by atoms with Crippen LogP contribution in [0.4, 0.5) is 0 Å². The standard InChI is InChI=1S/C14H24NO2.2C13H21NO2.2CH4O4S.ClH/c1-11(2)14(16)17-13-9-15(3,10-13)12-7-5-4-6-8-12;2*1-10(2)13(15)16-12-8-14(9-12)11-6-4-3-5-7-11;2*1-5-6(2,3)4;/h12-13H,1,4-10H2,2-3H3;2*11-12H,1,3-9H2,2H3;2*1H3,(H,2,3,4);1H/q+1;;;;;/p-1. The number of rotatable bonds is 11. The second-order valence-electron chi connectivity index (χ2n) is 17.5. The van der Waals surface area contributed by atoms with Crippen LogP contribution in [0.1, 0.15) is 117 Å². The van der Waals surface area contributed by atoms with Crippen LogP contribution in [0.2, 0.25) is 0 Å². The highest BCUT2D eigenvalue weighted by Gasteiger charge is 2.48. The third kappa shape index (κ3) is 22.0. The Bertz CT molecular complexity index is 1570. The Hall–Kier alpha value is -2.46. The van der Waals surface area contributed by atoms with Gasteiger partial charge in [-0.05, 0) is 97.8 Å². The monoisotopic (exact) mass is 943 g/mol. The smallest absolute Gasteiger partial charge is 0.333 e. The number of hydrogen-bond donors (Lipinski definition) is 2. The number of ether oxygens (including phenoxy) is 3. The molecule has 6 aliphatic rings. The maximum absolute atomic E-state index is 11.4. The molecule has 0 aromatic carbocycles. The third-order valence-electron chi connectivity index (χ3n) is 12.3. The molecule has 0 bridgehead atoms. The average molecular weight is 945 g/mol. The molecule has 3 saturated heterocycles. The summed E-state index contributed by atoms with van der Waals surface area (Å²) in [5.74, 6) is -0.690. The van der Waals surface area contributed by atoms with E-state index in [0.717, 1.165) is 76.1 Å². The maximum atomic E-state index is 11.4. The molecule has 0 atom stereocenters. The van der Waals surface area contributed by atoms with E-state index >= 15 is 0 Å². The molecule has 17 nitrogen and oxygen atoms in total. The van der Waals surface area contributed by atoms with Gasteiger partial charge < -0.3 is 50.0 Å². The van der Waals surface area contributed by atoms with Crippen molar-refractivity contribution in [3.63, 3.8) is 0 Å². The molecule has 360 valence electrons. The fraction of sp³-hybridized carbons (Fsp3) is 0.786. The SMILES string of the molecule is C=C(C)C(=O)OC1C[N+](C)(C2CCCCC2)C1.C=C(C)C(=O)OC1C[NH+](C2CCCCC2)C1.C=C(C)C(=O)OC1C[NH+](C2CCCCC2)C1.COS(=O)(=O)[O-].COS(=O)(=O)[O-].[Cl-]. The molecule has 0 amide bonds. The number of hydrogen-bond acceptors (Lipinski definition) is 14. The van der Waals surface area contributed by atoms with Gasteiger partial charge in [-0.15, -0.1) is 0 Å².